The molecule has 0 aliphatic carbocycles. The number of carbonyl (C=O) groups is 3. The molecule has 0 rings (SSSR count). The van der Waals surface area contributed by atoms with Gasteiger partial charge in [0.25, 0.3) is 0 Å². The zero-order valence-corrected chi connectivity index (χ0v) is 6.96. The van der Waals surface area contributed by atoms with Crippen molar-refractivity contribution in [3.63, 3.8) is 0 Å². The number of rotatable bonds is 4. The molecule has 0 saturated carbocycles. The summed E-state index contributed by atoms with van der Waals surface area (Å²) in [5.41, 5.74) is 0.748. The summed E-state index contributed by atoms with van der Waals surface area (Å²) in [6, 6.07) is 0. The number of carboxylic acid groups (broad SMARTS) is 1. The molecule has 0 aliphatic rings. The second-order valence-electron chi connectivity index (χ2n) is 2.59. The van der Waals surface area contributed by atoms with Gasteiger partial charge in [-0.1, -0.05) is 5.57 Å². The first-order valence-electron chi connectivity index (χ1n) is 3.37. The minimum atomic E-state index is -1.56. The molecule has 0 fully saturated rings. The van der Waals surface area contributed by atoms with Crippen LogP contribution >= 0.6 is 0 Å². The molecule has 4 nitrogen and oxygen atoms in total. The Bertz CT molecular complexity index is 246. The van der Waals surface area contributed by atoms with E-state index < -0.39 is 24.0 Å². The van der Waals surface area contributed by atoms with E-state index in [2.05, 4.69) is 0 Å². The SMILES string of the molecule is CC(C)=CC(=O)CC(=O)C(=O)O. The number of allylic oxidation sites excluding steroid dienone is 2. The van der Waals surface area contributed by atoms with E-state index in [9.17, 15) is 14.4 Å². The summed E-state index contributed by atoms with van der Waals surface area (Å²) in [6.45, 7) is 3.40. The number of hydrogen-bond donors (Lipinski definition) is 1. The Morgan fingerprint density at radius 3 is 2.08 bits per heavy atom. The normalized spacial score (nSPS) is 8.83. The molecular formula is C8H10O4. The largest absolute Gasteiger partial charge is 0.475 e. The molecule has 0 amide bonds. The maximum atomic E-state index is 10.8. The summed E-state index contributed by atoms with van der Waals surface area (Å²) >= 11 is 0. The zero-order valence-electron chi connectivity index (χ0n) is 6.96. The summed E-state index contributed by atoms with van der Waals surface area (Å²) in [5.74, 6) is -3.11. The average Bonchev–Trinajstić information content (AvgIpc) is 1.84. The van der Waals surface area contributed by atoms with Crippen molar-refractivity contribution in [3.05, 3.63) is 11.6 Å². The Kier molecular flexibility index (Phi) is 3.90. The Morgan fingerprint density at radius 2 is 1.75 bits per heavy atom. The van der Waals surface area contributed by atoms with Gasteiger partial charge in [-0.3, -0.25) is 9.59 Å². The number of carboxylic acids is 1. The van der Waals surface area contributed by atoms with Gasteiger partial charge in [0, 0.05) is 0 Å². The summed E-state index contributed by atoms with van der Waals surface area (Å²) < 4.78 is 0. The van der Waals surface area contributed by atoms with Crippen molar-refractivity contribution in [2.75, 3.05) is 0 Å². The van der Waals surface area contributed by atoms with Crippen LogP contribution in [0.3, 0.4) is 0 Å². The predicted octanol–water partition coefficient (Wildman–Crippen LogP) is 0.565. The highest BCUT2D eigenvalue weighted by Crippen LogP contribution is 1.94. The highest BCUT2D eigenvalue weighted by atomic mass is 16.4. The summed E-state index contributed by atoms with van der Waals surface area (Å²) in [7, 11) is 0. The molecule has 0 aliphatic heterocycles. The minimum absolute atomic E-state index is 0.470. The Labute approximate surface area is 69.9 Å². The fraction of sp³-hybridized carbons (Fsp3) is 0.375. The van der Waals surface area contributed by atoms with Crippen molar-refractivity contribution in [2.45, 2.75) is 20.3 Å². The van der Waals surface area contributed by atoms with Gasteiger partial charge >= 0.3 is 5.97 Å². The van der Waals surface area contributed by atoms with Crippen molar-refractivity contribution in [1.29, 1.82) is 0 Å². The van der Waals surface area contributed by atoms with E-state index in [-0.39, 0.29) is 0 Å². The van der Waals surface area contributed by atoms with Crippen LogP contribution in [0.2, 0.25) is 0 Å². The van der Waals surface area contributed by atoms with E-state index in [0.717, 1.165) is 5.57 Å². The molecule has 1 N–H and O–H groups in total. The third-order valence-corrected chi connectivity index (χ3v) is 1.02. The van der Waals surface area contributed by atoms with E-state index in [1.807, 2.05) is 0 Å². The lowest BCUT2D eigenvalue weighted by Gasteiger charge is -1.91. The number of ketones is 2. The Hall–Kier alpha value is -1.45. The van der Waals surface area contributed by atoms with E-state index in [1.165, 1.54) is 6.08 Å². The molecule has 4 heteroatoms. The minimum Gasteiger partial charge on any atom is -0.475 e. The predicted molar refractivity (Wildman–Crippen MR) is 41.7 cm³/mol. The van der Waals surface area contributed by atoms with Gasteiger partial charge in [-0.15, -0.1) is 0 Å². The van der Waals surface area contributed by atoms with Crippen LogP contribution in [0.25, 0.3) is 0 Å². The van der Waals surface area contributed by atoms with E-state index >= 15 is 0 Å². The lowest BCUT2D eigenvalue weighted by molar-refractivity contribution is -0.149. The summed E-state index contributed by atoms with van der Waals surface area (Å²) in [5, 5.41) is 8.14. The van der Waals surface area contributed by atoms with Gasteiger partial charge in [-0.05, 0) is 19.9 Å². The quantitative estimate of drug-likeness (QED) is 0.380. The van der Waals surface area contributed by atoms with Crippen molar-refractivity contribution in [2.24, 2.45) is 0 Å². The highest BCUT2D eigenvalue weighted by molar-refractivity contribution is 6.36. The van der Waals surface area contributed by atoms with Crippen LogP contribution in [0.15, 0.2) is 11.6 Å². The van der Waals surface area contributed by atoms with E-state index in [4.69, 9.17) is 5.11 Å². The molecule has 0 saturated heterocycles. The van der Waals surface area contributed by atoms with Crippen molar-refractivity contribution in [3.8, 4) is 0 Å². The Morgan fingerprint density at radius 1 is 1.25 bits per heavy atom. The van der Waals surface area contributed by atoms with Crippen molar-refractivity contribution >= 4 is 17.5 Å². The van der Waals surface area contributed by atoms with Gasteiger partial charge in [0.15, 0.2) is 5.78 Å². The first kappa shape index (κ1) is 10.6. The topological polar surface area (TPSA) is 71.4 Å². The van der Waals surface area contributed by atoms with Gasteiger partial charge in [0.1, 0.15) is 0 Å². The first-order valence-corrected chi connectivity index (χ1v) is 3.37. The fourth-order valence-corrected chi connectivity index (χ4v) is 0.607. The van der Waals surface area contributed by atoms with Crippen LogP contribution in [-0.4, -0.2) is 22.6 Å². The molecule has 66 valence electrons. The van der Waals surface area contributed by atoms with Crippen molar-refractivity contribution < 1.29 is 19.5 Å². The molecule has 0 aromatic heterocycles. The molecule has 0 spiro atoms. The van der Waals surface area contributed by atoms with Gasteiger partial charge in [0.05, 0.1) is 6.42 Å². The molecule has 12 heavy (non-hydrogen) atoms. The molecular weight excluding hydrogens is 160 g/mol. The first-order chi connectivity index (χ1) is 5.43. The second kappa shape index (κ2) is 4.43. The van der Waals surface area contributed by atoms with Gasteiger partial charge in [-0.25, -0.2) is 4.79 Å². The lowest BCUT2D eigenvalue weighted by atomic mass is 10.1. The van der Waals surface area contributed by atoms with Gasteiger partial charge in [0.2, 0.25) is 5.78 Å². The summed E-state index contributed by atoms with van der Waals surface area (Å²) in [4.78, 5) is 31.3. The van der Waals surface area contributed by atoms with Crippen LogP contribution in [0.1, 0.15) is 20.3 Å². The van der Waals surface area contributed by atoms with Crippen LogP contribution in [0, 0.1) is 0 Å². The standard InChI is InChI=1S/C8H10O4/c1-5(2)3-6(9)4-7(10)8(11)12/h3H,4H2,1-2H3,(H,11,12). The van der Waals surface area contributed by atoms with E-state index in [0.29, 0.717) is 0 Å². The van der Waals surface area contributed by atoms with Crippen LogP contribution < -0.4 is 0 Å². The second-order valence-corrected chi connectivity index (χ2v) is 2.59. The number of aliphatic carboxylic acids is 1. The third kappa shape index (κ3) is 4.38. The molecule has 0 bridgehead atoms. The van der Waals surface area contributed by atoms with E-state index in [1.54, 1.807) is 13.8 Å². The van der Waals surface area contributed by atoms with Gasteiger partial charge < -0.3 is 5.11 Å². The van der Waals surface area contributed by atoms with Crippen LogP contribution in [0.5, 0.6) is 0 Å². The van der Waals surface area contributed by atoms with Gasteiger partial charge in [-0.2, -0.15) is 0 Å². The number of carbonyl (C=O) groups excluding carboxylic acids is 2. The van der Waals surface area contributed by atoms with Crippen LogP contribution in [0.4, 0.5) is 0 Å². The molecule has 0 unspecified atom stereocenters. The molecule has 0 atom stereocenters. The lowest BCUT2D eigenvalue weighted by Crippen LogP contribution is -2.15. The average molecular weight is 170 g/mol. The summed E-state index contributed by atoms with van der Waals surface area (Å²) in [6.07, 6.45) is 0.696. The Balaban J connectivity index is 4.12. The molecule has 0 aromatic carbocycles. The smallest absolute Gasteiger partial charge is 0.372 e. The number of hydrogen-bond acceptors (Lipinski definition) is 3. The molecule has 0 radical (unpaired) electrons. The molecule has 0 aromatic rings. The maximum absolute atomic E-state index is 10.8. The monoisotopic (exact) mass is 170 g/mol. The number of Topliss-reactive ketones (excluding diaryl/α,β-unsaturated/α-hetero) is 1. The third-order valence-electron chi connectivity index (χ3n) is 1.02. The highest BCUT2D eigenvalue weighted by Gasteiger charge is 2.14. The zero-order chi connectivity index (χ0) is 9.72. The maximum Gasteiger partial charge on any atom is 0.372 e. The van der Waals surface area contributed by atoms with Crippen LogP contribution in [-0.2, 0) is 14.4 Å². The van der Waals surface area contributed by atoms with Crippen molar-refractivity contribution in [1.82, 2.24) is 0 Å². The fourth-order valence-electron chi connectivity index (χ4n) is 0.607. The molecule has 0 heterocycles.